The Bertz CT molecular complexity index is 815. The fourth-order valence-corrected chi connectivity index (χ4v) is 4.02. The zero-order valence-corrected chi connectivity index (χ0v) is 16.7. The van der Waals surface area contributed by atoms with Gasteiger partial charge in [-0.3, -0.25) is 14.4 Å². The summed E-state index contributed by atoms with van der Waals surface area (Å²) >= 11 is 0. The van der Waals surface area contributed by atoms with Gasteiger partial charge in [0.25, 0.3) is 5.91 Å². The Balaban J connectivity index is 1.69. The topological polar surface area (TPSA) is 50.2 Å². The molecule has 3 rings (SSSR count). The number of aryl methyl sites for hydroxylation is 1. The molecular formula is C23H30N4O. The number of fused-ring (bicyclic) bond motifs is 1. The molecule has 0 bridgehead atoms. The van der Waals surface area contributed by atoms with Gasteiger partial charge in [-0.2, -0.15) is 5.10 Å². The molecule has 1 N–H and O–H groups in total. The summed E-state index contributed by atoms with van der Waals surface area (Å²) in [5, 5.41) is 7.59. The maximum absolute atomic E-state index is 12.8. The Hall–Kier alpha value is -2.66. The van der Waals surface area contributed by atoms with Gasteiger partial charge < -0.3 is 5.32 Å². The quantitative estimate of drug-likeness (QED) is 0.683. The average Bonchev–Trinajstić information content (AvgIpc) is 3.05. The van der Waals surface area contributed by atoms with E-state index in [2.05, 4.69) is 40.6 Å². The lowest BCUT2D eigenvalue weighted by Gasteiger charge is -2.33. The number of nitrogens with zero attached hydrogens (tertiary/aromatic N) is 3. The Morgan fingerprint density at radius 1 is 1.29 bits per heavy atom. The van der Waals surface area contributed by atoms with Crippen LogP contribution < -0.4 is 5.32 Å². The standard InChI is InChI=1S/C23H30N4O/c1-4-15-27(16-5-2)19-11-12-21-20(17-19)22(25-26(21)3)23(28)24-14-13-18-9-7-6-8-10-18/h4-10,19H,1-2,11-17H2,3H3,(H,24,28). The van der Waals surface area contributed by atoms with Crippen molar-refractivity contribution in [2.24, 2.45) is 7.05 Å². The van der Waals surface area contributed by atoms with Crippen LogP contribution in [0, 0.1) is 0 Å². The minimum absolute atomic E-state index is 0.0765. The first-order chi connectivity index (χ1) is 13.6. The number of carbonyl (C=O) groups excluding carboxylic acids is 1. The Morgan fingerprint density at radius 2 is 2.00 bits per heavy atom. The molecule has 1 atom stereocenters. The SMILES string of the molecule is C=CCN(CC=C)C1CCc2c(c(C(=O)NCCc3ccccc3)nn2C)C1. The number of carbonyl (C=O) groups is 1. The van der Waals surface area contributed by atoms with Crippen LogP contribution in [0.3, 0.4) is 0 Å². The molecule has 0 aliphatic heterocycles. The molecule has 2 aromatic rings. The van der Waals surface area contributed by atoms with Gasteiger partial charge in [-0.15, -0.1) is 13.2 Å². The van der Waals surface area contributed by atoms with Crippen molar-refractivity contribution >= 4 is 5.91 Å². The number of amides is 1. The summed E-state index contributed by atoms with van der Waals surface area (Å²) in [5.41, 5.74) is 4.07. The maximum Gasteiger partial charge on any atom is 0.272 e. The van der Waals surface area contributed by atoms with Crippen LogP contribution in [0.5, 0.6) is 0 Å². The molecule has 1 unspecified atom stereocenters. The van der Waals surface area contributed by atoms with E-state index in [1.165, 1.54) is 11.3 Å². The molecule has 1 aromatic carbocycles. The van der Waals surface area contributed by atoms with Gasteiger partial charge in [-0.25, -0.2) is 0 Å². The van der Waals surface area contributed by atoms with Crippen molar-refractivity contribution in [1.82, 2.24) is 20.0 Å². The van der Waals surface area contributed by atoms with Crippen molar-refractivity contribution < 1.29 is 4.79 Å². The van der Waals surface area contributed by atoms with E-state index in [0.717, 1.165) is 44.3 Å². The minimum Gasteiger partial charge on any atom is -0.350 e. The van der Waals surface area contributed by atoms with E-state index in [1.54, 1.807) is 0 Å². The molecule has 0 spiro atoms. The zero-order valence-electron chi connectivity index (χ0n) is 16.7. The van der Waals surface area contributed by atoms with Gasteiger partial charge in [-0.05, 0) is 31.2 Å². The van der Waals surface area contributed by atoms with Crippen LogP contribution in [-0.4, -0.2) is 46.3 Å². The van der Waals surface area contributed by atoms with Crippen molar-refractivity contribution in [2.45, 2.75) is 31.7 Å². The number of nitrogens with one attached hydrogen (secondary N) is 1. The third-order valence-corrected chi connectivity index (χ3v) is 5.43. The van der Waals surface area contributed by atoms with Crippen LogP contribution in [0.2, 0.25) is 0 Å². The van der Waals surface area contributed by atoms with Crippen molar-refractivity contribution in [1.29, 1.82) is 0 Å². The van der Waals surface area contributed by atoms with Crippen molar-refractivity contribution in [3.63, 3.8) is 0 Å². The molecule has 0 fully saturated rings. The highest BCUT2D eigenvalue weighted by atomic mass is 16.1. The normalized spacial score (nSPS) is 15.9. The number of benzene rings is 1. The second-order valence-corrected chi connectivity index (χ2v) is 7.32. The van der Waals surface area contributed by atoms with Crippen LogP contribution in [0.25, 0.3) is 0 Å². The second-order valence-electron chi connectivity index (χ2n) is 7.32. The van der Waals surface area contributed by atoms with Crippen molar-refractivity contribution in [3.8, 4) is 0 Å². The van der Waals surface area contributed by atoms with E-state index in [9.17, 15) is 4.79 Å². The smallest absolute Gasteiger partial charge is 0.272 e. The summed E-state index contributed by atoms with van der Waals surface area (Å²) in [5.74, 6) is -0.0765. The molecule has 148 valence electrons. The van der Waals surface area contributed by atoms with E-state index < -0.39 is 0 Å². The van der Waals surface area contributed by atoms with Crippen LogP contribution in [0.4, 0.5) is 0 Å². The van der Waals surface area contributed by atoms with E-state index in [1.807, 2.05) is 42.1 Å². The van der Waals surface area contributed by atoms with Gasteiger partial charge in [-0.1, -0.05) is 42.5 Å². The molecule has 0 saturated heterocycles. The van der Waals surface area contributed by atoms with E-state index >= 15 is 0 Å². The molecular weight excluding hydrogens is 348 g/mol. The van der Waals surface area contributed by atoms with Crippen LogP contribution >= 0.6 is 0 Å². The third-order valence-electron chi connectivity index (χ3n) is 5.43. The fraction of sp³-hybridized carbons (Fsp3) is 0.391. The second kappa shape index (κ2) is 9.51. The first kappa shape index (κ1) is 20.1. The lowest BCUT2D eigenvalue weighted by atomic mass is 9.90. The number of hydrogen-bond acceptors (Lipinski definition) is 3. The molecule has 28 heavy (non-hydrogen) atoms. The molecule has 1 amide bonds. The highest BCUT2D eigenvalue weighted by Crippen LogP contribution is 2.27. The van der Waals surface area contributed by atoms with Crippen LogP contribution in [0.1, 0.15) is 33.7 Å². The minimum atomic E-state index is -0.0765. The lowest BCUT2D eigenvalue weighted by molar-refractivity contribution is 0.0947. The maximum atomic E-state index is 12.8. The Labute approximate surface area is 167 Å². The van der Waals surface area contributed by atoms with E-state index in [4.69, 9.17) is 0 Å². The molecule has 0 radical (unpaired) electrons. The Morgan fingerprint density at radius 3 is 2.68 bits per heavy atom. The highest BCUT2D eigenvalue weighted by Gasteiger charge is 2.30. The predicted octanol–water partition coefficient (Wildman–Crippen LogP) is 2.92. The molecule has 1 heterocycles. The molecule has 1 aliphatic rings. The molecule has 5 heteroatoms. The average molecular weight is 379 g/mol. The van der Waals surface area contributed by atoms with Crippen LogP contribution in [-0.2, 0) is 26.3 Å². The third kappa shape index (κ3) is 4.60. The van der Waals surface area contributed by atoms with Crippen molar-refractivity contribution in [2.75, 3.05) is 19.6 Å². The predicted molar refractivity (Wildman–Crippen MR) is 113 cm³/mol. The summed E-state index contributed by atoms with van der Waals surface area (Å²) < 4.78 is 1.88. The summed E-state index contributed by atoms with van der Waals surface area (Å²) in [6.45, 7) is 10.0. The number of rotatable bonds is 9. The number of aromatic nitrogens is 2. The highest BCUT2D eigenvalue weighted by molar-refractivity contribution is 5.94. The zero-order chi connectivity index (χ0) is 19.9. The molecule has 0 saturated carbocycles. The lowest BCUT2D eigenvalue weighted by Crippen LogP contribution is -2.40. The number of hydrogen-bond donors (Lipinski definition) is 1. The first-order valence-corrected chi connectivity index (χ1v) is 9.96. The molecule has 5 nitrogen and oxygen atoms in total. The summed E-state index contributed by atoms with van der Waals surface area (Å²) in [6.07, 6.45) is 7.51. The summed E-state index contributed by atoms with van der Waals surface area (Å²) in [6, 6.07) is 10.6. The van der Waals surface area contributed by atoms with Gasteiger partial charge >= 0.3 is 0 Å². The summed E-state index contributed by atoms with van der Waals surface area (Å²) in [7, 11) is 1.94. The summed E-state index contributed by atoms with van der Waals surface area (Å²) in [4.78, 5) is 15.2. The van der Waals surface area contributed by atoms with E-state index in [0.29, 0.717) is 18.3 Å². The molecule has 1 aromatic heterocycles. The van der Waals surface area contributed by atoms with Gasteiger partial charge in [0.05, 0.1) is 0 Å². The molecule has 1 aliphatic carbocycles. The van der Waals surface area contributed by atoms with Crippen LogP contribution in [0.15, 0.2) is 55.6 Å². The fourth-order valence-electron chi connectivity index (χ4n) is 4.02. The van der Waals surface area contributed by atoms with Gasteiger partial charge in [0.2, 0.25) is 0 Å². The van der Waals surface area contributed by atoms with E-state index in [-0.39, 0.29) is 5.91 Å². The van der Waals surface area contributed by atoms with Gasteiger partial charge in [0, 0.05) is 44.0 Å². The van der Waals surface area contributed by atoms with Crippen molar-refractivity contribution in [3.05, 3.63) is 78.2 Å². The van der Waals surface area contributed by atoms with Gasteiger partial charge in [0.1, 0.15) is 0 Å². The Kier molecular flexibility index (Phi) is 6.82. The van der Waals surface area contributed by atoms with Gasteiger partial charge in [0.15, 0.2) is 5.69 Å². The first-order valence-electron chi connectivity index (χ1n) is 9.96. The largest absolute Gasteiger partial charge is 0.350 e. The monoisotopic (exact) mass is 378 g/mol.